The van der Waals surface area contributed by atoms with Gasteiger partial charge in [-0.1, -0.05) is 30.3 Å². The summed E-state index contributed by atoms with van der Waals surface area (Å²) in [6.45, 7) is -0.0651. The molecule has 6 nitrogen and oxygen atoms in total. The van der Waals surface area contributed by atoms with Gasteiger partial charge in [0.15, 0.2) is 0 Å². The number of ether oxygens (including phenoxy) is 1. The summed E-state index contributed by atoms with van der Waals surface area (Å²) in [5.74, 6) is 0.411. The van der Waals surface area contributed by atoms with E-state index in [2.05, 4.69) is 9.72 Å². The molecule has 1 aliphatic rings. The summed E-state index contributed by atoms with van der Waals surface area (Å²) in [6.07, 6.45) is -7.20. The monoisotopic (exact) mass is 464 g/mol. The first-order chi connectivity index (χ1) is 15.6. The van der Waals surface area contributed by atoms with Gasteiger partial charge in [-0.2, -0.15) is 17.6 Å². The van der Waals surface area contributed by atoms with Crippen LogP contribution < -0.4 is 11.3 Å². The van der Waals surface area contributed by atoms with Crippen molar-refractivity contribution in [2.45, 2.75) is 38.0 Å². The van der Waals surface area contributed by atoms with Crippen LogP contribution >= 0.6 is 0 Å². The largest absolute Gasteiger partial charge is 0.372 e. The number of aromatic nitrogens is 2. The summed E-state index contributed by atoms with van der Waals surface area (Å²) in [5, 5.41) is 0.392. The number of para-hydroxylation sites is 1. The third-order valence-corrected chi connectivity index (χ3v) is 5.47. The molecule has 0 spiro atoms. The van der Waals surface area contributed by atoms with Crippen molar-refractivity contribution in [2.75, 3.05) is 19.6 Å². The molecule has 2 N–H and O–H groups in total. The number of rotatable bonds is 6. The van der Waals surface area contributed by atoms with E-state index in [1.165, 1.54) is 4.57 Å². The molecule has 1 fully saturated rings. The lowest BCUT2D eigenvalue weighted by molar-refractivity contribution is -0.405. The molecule has 3 aromatic rings. The number of hydrogen-bond acceptors (Lipinski definition) is 5. The third-order valence-electron chi connectivity index (χ3n) is 5.47. The van der Waals surface area contributed by atoms with Crippen molar-refractivity contribution in [3.8, 4) is 5.69 Å². The number of nitrogens with zero attached hydrogens (tertiary/aromatic N) is 3. The highest BCUT2D eigenvalue weighted by atomic mass is 19.3. The maximum Gasteiger partial charge on any atom is 0.372 e. The minimum absolute atomic E-state index is 0.00312. The van der Waals surface area contributed by atoms with Crippen LogP contribution in [0.4, 0.5) is 17.6 Å². The van der Waals surface area contributed by atoms with Gasteiger partial charge in [0.1, 0.15) is 5.82 Å². The van der Waals surface area contributed by atoms with E-state index in [-0.39, 0.29) is 12.1 Å². The van der Waals surface area contributed by atoms with Gasteiger partial charge in [0.2, 0.25) is 0 Å². The van der Waals surface area contributed by atoms with Crippen LogP contribution in [-0.4, -0.2) is 46.3 Å². The molecule has 0 aliphatic carbocycles. The number of aryl methyl sites for hydroxylation is 1. The SMILES string of the molecule is C[C@H](N)c1nc2cccc(CCCN3CC(F)(F)OC(F)(F)C3)c2c(=O)n1-c1ccccc1. The molecule has 0 saturated carbocycles. The van der Waals surface area contributed by atoms with Gasteiger partial charge in [-0.25, -0.2) is 4.98 Å². The quantitative estimate of drug-likeness (QED) is 0.561. The summed E-state index contributed by atoms with van der Waals surface area (Å²) in [7, 11) is 0. The molecule has 0 unspecified atom stereocenters. The molecule has 176 valence electrons. The summed E-state index contributed by atoms with van der Waals surface area (Å²) in [5.41, 5.74) is 7.56. The fourth-order valence-corrected chi connectivity index (χ4v) is 4.17. The van der Waals surface area contributed by atoms with Gasteiger partial charge in [0.05, 0.1) is 35.7 Å². The third kappa shape index (κ3) is 5.07. The first kappa shape index (κ1) is 23.3. The van der Waals surface area contributed by atoms with Gasteiger partial charge in [-0.05, 0) is 50.1 Å². The minimum Gasteiger partial charge on any atom is -0.322 e. The summed E-state index contributed by atoms with van der Waals surface area (Å²) >= 11 is 0. The van der Waals surface area contributed by atoms with Crippen LogP contribution in [0, 0.1) is 0 Å². The number of hydrogen-bond donors (Lipinski definition) is 1. The van der Waals surface area contributed by atoms with E-state index >= 15 is 0 Å². The second-order valence-electron chi connectivity index (χ2n) is 8.24. The fourth-order valence-electron chi connectivity index (χ4n) is 4.17. The van der Waals surface area contributed by atoms with Gasteiger partial charge < -0.3 is 5.73 Å². The zero-order valence-corrected chi connectivity index (χ0v) is 18.0. The van der Waals surface area contributed by atoms with Crippen LogP contribution in [0.5, 0.6) is 0 Å². The van der Waals surface area contributed by atoms with Gasteiger partial charge in [0.25, 0.3) is 5.56 Å². The molecule has 0 amide bonds. The Kier molecular flexibility index (Phi) is 6.26. The zero-order valence-electron chi connectivity index (χ0n) is 18.0. The Hall–Kier alpha value is -2.82. The molecule has 10 heteroatoms. The summed E-state index contributed by atoms with van der Waals surface area (Å²) in [6, 6.07) is 13.7. The maximum absolute atomic E-state index is 13.6. The highest BCUT2D eigenvalue weighted by molar-refractivity contribution is 5.81. The topological polar surface area (TPSA) is 73.4 Å². The number of fused-ring (bicyclic) bond motifs is 1. The van der Waals surface area contributed by atoms with Crippen LogP contribution in [0.2, 0.25) is 0 Å². The lowest BCUT2D eigenvalue weighted by Gasteiger charge is -2.36. The van der Waals surface area contributed by atoms with Crippen molar-refractivity contribution in [1.82, 2.24) is 14.5 Å². The van der Waals surface area contributed by atoms with Crippen LogP contribution in [0.25, 0.3) is 16.6 Å². The molecule has 33 heavy (non-hydrogen) atoms. The van der Waals surface area contributed by atoms with Crippen molar-refractivity contribution in [3.63, 3.8) is 0 Å². The Labute approximate surface area is 187 Å². The number of morpholine rings is 1. The summed E-state index contributed by atoms with van der Waals surface area (Å²) < 4.78 is 58.9. The molecular formula is C23H24F4N4O2. The van der Waals surface area contributed by atoms with E-state index < -0.39 is 31.3 Å². The molecule has 2 aromatic carbocycles. The van der Waals surface area contributed by atoms with Gasteiger partial charge in [-0.15, -0.1) is 0 Å². The van der Waals surface area contributed by atoms with E-state index in [0.717, 1.165) is 4.90 Å². The predicted molar refractivity (Wildman–Crippen MR) is 116 cm³/mol. The van der Waals surface area contributed by atoms with Gasteiger partial charge >= 0.3 is 12.2 Å². The molecule has 1 atom stereocenters. The van der Waals surface area contributed by atoms with E-state index in [1.54, 1.807) is 49.4 Å². The lowest BCUT2D eigenvalue weighted by atomic mass is 10.0. The average molecular weight is 464 g/mol. The van der Waals surface area contributed by atoms with Crippen LogP contribution in [-0.2, 0) is 11.2 Å². The molecule has 4 rings (SSSR count). The Morgan fingerprint density at radius 3 is 2.36 bits per heavy atom. The van der Waals surface area contributed by atoms with Crippen LogP contribution in [0.3, 0.4) is 0 Å². The number of alkyl halides is 4. The van der Waals surface area contributed by atoms with Crippen molar-refractivity contribution in [2.24, 2.45) is 5.73 Å². The summed E-state index contributed by atoms with van der Waals surface area (Å²) in [4.78, 5) is 19.1. The van der Waals surface area contributed by atoms with Crippen LogP contribution in [0.1, 0.15) is 30.8 Å². The molecule has 1 aromatic heterocycles. The predicted octanol–water partition coefficient (Wildman–Crippen LogP) is 3.86. The standard InChI is InChI=1S/C23H24F4N4O2/c1-15(28)20-29-18-11-5-7-16(19(18)21(32)31(20)17-9-3-2-4-10-17)8-6-12-30-13-22(24,25)33-23(26,27)14-30/h2-5,7,9-11,15H,6,8,12-14,28H2,1H3/t15-/m0/s1. The van der Waals surface area contributed by atoms with Gasteiger partial charge in [0, 0.05) is 0 Å². The molecule has 2 heterocycles. The molecule has 1 aliphatic heterocycles. The second-order valence-corrected chi connectivity index (χ2v) is 8.24. The molecular weight excluding hydrogens is 440 g/mol. The van der Waals surface area contributed by atoms with Gasteiger partial charge in [-0.3, -0.25) is 19.0 Å². The van der Waals surface area contributed by atoms with Crippen LogP contribution in [0.15, 0.2) is 53.3 Å². The normalized spacial score (nSPS) is 19.0. The fraction of sp³-hybridized carbons (Fsp3) is 0.391. The smallest absolute Gasteiger partial charge is 0.322 e. The number of halogens is 4. The Bertz CT molecular complexity index is 1180. The van der Waals surface area contributed by atoms with Crippen molar-refractivity contribution in [1.29, 1.82) is 0 Å². The minimum atomic E-state index is -3.91. The Morgan fingerprint density at radius 1 is 1.06 bits per heavy atom. The highest BCUT2D eigenvalue weighted by Gasteiger charge is 2.51. The molecule has 0 bridgehead atoms. The highest BCUT2D eigenvalue weighted by Crippen LogP contribution is 2.33. The Balaban J connectivity index is 1.65. The number of benzene rings is 2. The van der Waals surface area contributed by atoms with Crippen molar-refractivity contribution < 1.29 is 22.3 Å². The van der Waals surface area contributed by atoms with E-state index in [1.807, 2.05) is 6.07 Å². The maximum atomic E-state index is 13.6. The molecule has 1 saturated heterocycles. The lowest BCUT2D eigenvalue weighted by Crippen LogP contribution is -2.54. The Morgan fingerprint density at radius 2 is 1.73 bits per heavy atom. The van der Waals surface area contributed by atoms with Crippen molar-refractivity contribution in [3.05, 3.63) is 70.3 Å². The van der Waals surface area contributed by atoms with E-state index in [9.17, 15) is 22.4 Å². The molecule has 0 radical (unpaired) electrons. The first-order valence-electron chi connectivity index (χ1n) is 10.6. The van der Waals surface area contributed by atoms with E-state index in [0.29, 0.717) is 40.8 Å². The van der Waals surface area contributed by atoms with Crippen molar-refractivity contribution >= 4 is 10.9 Å². The average Bonchev–Trinajstić information content (AvgIpc) is 2.72. The van der Waals surface area contributed by atoms with E-state index in [4.69, 9.17) is 5.73 Å². The second kappa shape index (κ2) is 8.85. The number of nitrogens with two attached hydrogens (primary N) is 1. The first-order valence-corrected chi connectivity index (χ1v) is 10.6. The zero-order chi connectivity index (χ0) is 23.8.